The highest BCUT2D eigenvalue weighted by Crippen LogP contribution is 2.45. The number of benzene rings is 2. The van der Waals surface area contributed by atoms with Crippen molar-refractivity contribution in [3.63, 3.8) is 0 Å². The molecule has 8 nitrogen and oxygen atoms in total. The molecule has 11 heteroatoms. The molecule has 1 N–H and O–H groups in total. The van der Waals surface area contributed by atoms with Crippen LogP contribution in [0.1, 0.15) is 31.4 Å². The lowest BCUT2D eigenvalue weighted by molar-refractivity contribution is -0.384. The third kappa shape index (κ3) is 7.38. The van der Waals surface area contributed by atoms with Crippen molar-refractivity contribution in [3.8, 4) is 11.5 Å². The summed E-state index contributed by atoms with van der Waals surface area (Å²) >= 11 is 7.11. The van der Waals surface area contributed by atoms with E-state index in [0.717, 1.165) is 22.6 Å². The highest BCUT2D eigenvalue weighted by molar-refractivity contribution is 9.10. The number of nitrogens with one attached hydrogen (secondary N) is 1. The Hall–Kier alpha value is -2.24. The van der Waals surface area contributed by atoms with Gasteiger partial charge in [-0.2, -0.15) is 5.10 Å². The van der Waals surface area contributed by atoms with Gasteiger partial charge in [0.2, 0.25) is 5.91 Å². The molecule has 0 saturated carbocycles. The zero-order chi connectivity index (χ0) is 23.8. The Morgan fingerprint density at radius 1 is 1.27 bits per heavy atom. The van der Waals surface area contributed by atoms with Crippen LogP contribution in [0, 0.1) is 10.1 Å². The smallest absolute Gasteiger partial charge is 0.269 e. The van der Waals surface area contributed by atoms with Gasteiger partial charge in [-0.15, -0.1) is 23.5 Å². The molecule has 1 amide bonds. The SMILES string of the molecule is CCOc1cc(C=NNC(=O)CC2(C)SCCS2)cc(Br)c1OCc1ccc([N+](=O)[O-])cc1. The molecule has 0 atom stereocenters. The van der Waals surface area contributed by atoms with Crippen molar-refractivity contribution >= 4 is 57.3 Å². The highest BCUT2D eigenvalue weighted by Gasteiger charge is 2.32. The lowest BCUT2D eigenvalue weighted by Crippen LogP contribution is -2.26. The number of nitro groups is 1. The molecule has 1 aliphatic heterocycles. The van der Waals surface area contributed by atoms with E-state index in [1.165, 1.54) is 12.1 Å². The summed E-state index contributed by atoms with van der Waals surface area (Å²) in [5, 5.41) is 14.9. The first-order chi connectivity index (χ1) is 15.8. The number of hydrogen-bond acceptors (Lipinski definition) is 8. The molecule has 1 fully saturated rings. The van der Waals surface area contributed by atoms with Crippen LogP contribution in [-0.2, 0) is 11.4 Å². The quantitative estimate of drug-likeness (QED) is 0.239. The van der Waals surface area contributed by atoms with Crippen molar-refractivity contribution < 1.29 is 19.2 Å². The van der Waals surface area contributed by atoms with Crippen LogP contribution in [-0.4, -0.2) is 39.2 Å². The molecule has 3 rings (SSSR count). The van der Waals surface area contributed by atoms with E-state index >= 15 is 0 Å². The van der Waals surface area contributed by atoms with Crippen molar-refractivity contribution in [2.45, 2.75) is 31.0 Å². The van der Waals surface area contributed by atoms with Crippen LogP contribution in [0.15, 0.2) is 46.0 Å². The number of thioether (sulfide) groups is 2. The average molecular weight is 554 g/mol. The van der Waals surface area contributed by atoms with Gasteiger partial charge >= 0.3 is 0 Å². The van der Waals surface area contributed by atoms with Gasteiger partial charge in [0.15, 0.2) is 11.5 Å². The molecule has 176 valence electrons. The second-order valence-electron chi connectivity index (χ2n) is 7.28. The topological polar surface area (TPSA) is 103 Å². The molecule has 2 aromatic rings. The van der Waals surface area contributed by atoms with E-state index in [4.69, 9.17) is 9.47 Å². The largest absolute Gasteiger partial charge is 0.490 e. The lowest BCUT2D eigenvalue weighted by Gasteiger charge is -2.19. The predicted octanol–water partition coefficient (Wildman–Crippen LogP) is 5.37. The number of rotatable bonds is 10. The Bertz CT molecular complexity index is 1030. The van der Waals surface area contributed by atoms with Crippen molar-refractivity contribution in [3.05, 3.63) is 62.1 Å². The minimum atomic E-state index is -0.440. The van der Waals surface area contributed by atoms with Crippen LogP contribution >= 0.6 is 39.5 Å². The third-order valence-corrected chi connectivity index (χ3v) is 8.53. The van der Waals surface area contributed by atoms with Gasteiger partial charge in [-0.3, -0.25) is 14.9 Å². The number of nitro benzene ring substituents is 1. The molecule has 0 unspecified atom stereocenters. The van der Waals surface area contributed by atoms with Crippen LogP contribution in [0.4, 0.5) is 5.69 Å². The summed E-state index contributed by atoms with van der Waals surface area (Å²) in [6, 6.07) is 9.77. The van der Waals surface area contributed by atoms with E-state index in [0.29, 0.717) is 29.0 Å². The van der Waals surface area contributed by atoms with Gasteiger partial charge in [-0.1, -0.05) is 0 Å². The van der Waals surface area contributed by atoms with Crippen LogP contribution in [0.2, 0.25) is 0 Å². The Morgan fingerprint density at radius 3 is 2.61 bits per heavy atom. The fourth-order valence-electron chi connectivity index (χ4n) is 3.10. The molecule has 0 aromatic heterocycles. The normalized spacial score (nSPS) is 14.9. The Kier molecular flexibility index (Phi) is 9.04. The number of ether oxygens (including phenoxy) is 2. The summed E-state index contributed by atoms with van der Waals surface area (Å²) in [6.45, 7) is 4.61. The fourth-order valence-corrected chi connectivity index (χ4v) is 6.51. The summed E-state index contributed by atoms with van der Waals surface area (Å²) in [5.41, 5.74) is 4.14. The van der Waals surface area contributed by atoms with Gasteiger partial charge in [0, 0.05) is 23.6 Å². The van der Waals surface area contributed by atoms with Crippen LogP contribution in [0.5, 0.6) is 11.5 Å². The van der Waals surface area contributed by atoms with Gasteiger partial charge < -0.3 is 9.47 Å². The third-order valence-electron chi connectivity index (χ3n) is 4.64. The number of halogens is 1. The number of non-ortho nitro benzene ring substituents is 1. The maximum Gasteiger partial charge on any atom is 0.269 e. The maximum absolute atomic E-state index is 12.2. The van der Waals surface area contributed by atoms with Gasteiger partial charge in [-0.25, -0.2) is 5.43 Å². The van der Waals surface area contributed by atoms with Crippen LogP contribution in [0.25, 0.3) is 0 Å². The van der Waals surface area contributed by atoms with Crippen molar-refractivity contribution in [2.24, 2.45) is 5.10 Å². The molecule has 0 spiro atoms. The maximum atomic E-state index is 12.2. The first-order valence-electron chi connectivity index (χ1n) is 10.2. The second-order valence-corrected chi connectivity index (χ2v) is 11.6. The molecule has 1 heterocycles. The summed E-state index contributed by atoms with van der Waals surface area (Å²) in [4.78, 5) is 22.6. The van der Waals surface area contributed by atoms with Crippen molar-refractivity contribution in [2.75, 3.05) is 18.1 Å². The fraction of sp³-hybridized carbons (Fsp3) is 0.364. The number of nitrogens with zero attached hydrogens (tertiary/aromatic N) is 2. The number of carbonyl (C=O) groups is 1. The lowest BCUT2D eigenvalue weighted by atomic mass is 10.2. The van der Waals surface area contributed by atoms with Gasteiger partial charge in [0.25, 0.3) is 5.69 Å². The minimum Gasteiger partial charge on any atom is -0.490 e. The first kappa shape index (κ1) is 25.4. The zero-order valence-corrected chi connectivity index (χ0v) is 21.4. The van der Waals surface area contributed by atoms with Crippen LogP contribution < -0.4 is 14.9 Å². The monoisotopic (exact) mass is 553 g/mol. The molecular weight excluding hydrogens is 530 g/mol. The molecule has 0 radical (unpaired) electrons. The molecular formula is C22H24BrN3O5S2. The summed E-state index contributed by atoms with van der Waals surface area (Å²) < 4.78 is 12.2. The number of hydrazone groups is 1. The number of carbonyl (C=O) groups excluding carboxylic acids is 1. The zero-order valence-electron chi connectivity index (χ0n) is 18.2. The standard InChI is InChI=1S/C22H24BrN3O5S2/c1-3-30-19-11-16(13-24-25-20(27)12-22(2)32-8-9-33-22)10-18(23)21(19)31-14-15-4-6-17(7-5-15)26(28)29/h4-7,10-11,13H,3,8-9,12,14H2,1-2H3,(H,25,27). The predicted molar refractivity (Wildman–Crippen MR) is 136 cm³/mol. The van der Waals surface area contributed by atoms with E-state index in [2.05, 4.69) is 33.4 Å². The first-order valence-corrected chi connectivity index (χ1v) is 13.0. The molecule has 2 aromatic carbocycles. The van der Waals surface area contributed by atoms with Gasteiger partial charge in [0.05, 0.1) is 32.7 Å². The Balaban J connectivity index is 1.65. The summed E-state index contributed by atoms with van der Waals surface area (Å²) in [7, 11) is 0. The van der Waals surface area contributed by atoms with Crippen LogP contribution in [0.3, 0.4) is 0 Å². The average Bonchev–Trinajstić information content (AvgIpc) is 3.19. The van der Waals surface area contributed by atoms with Crippen molar-refractivity contribution in [1.82, 2.24) is 5.43 Å². The van der Waals surface area contributed by atoms with Gasteiger partial charge in [0.1, 0.15) is 6.61 Å². The van der Waals surface area contributed by atoms with Crippen molar-refractivity contribution in [1.29, 1.82) is 0 Å². The molecule has 33 heavy (non-hydrogen) atoms. The van der Waals surface area contributed by atoms with E-state index in [1.807, 2.05) is 13.0 Å². The minimum absolute atomic E-state index is 0.0283. The van der Waals surface area contributed by atoms with E-state index in [9.17, 15) is 14.9 Å². The molecule has 0 aliphatic carbocycles. The second kappa shape index (κ2) is 11.8. The molecule has 0 bridgehead atoms. The highest BCUT2D eigenvalue weighted by atomic mass is 79.9. The Labute approximate surface area is 209 Å². The van der Waals surface area contributed by atoms with E-state index < -0.39 is 4.92 Å². The van der Waals surface area contributed by atoms with Gasteiger partial charge in [-0.05, 0) is 65.2 Å². The van der Waals surface area contributed by atoms with E-state index in [-0.39, 0.29) is 22.3 Å². The number of amides is 1. The Morgan fingerprint density at radius 2 is 1.97 bits per heavy atom. The molecule has 1 saturated heterocycles. The summed E-state index contributed by atoms with van der Waals surface area (Å²) in [5.74, 6) is 3.03. The summed E-state index contributed by atoms with van der Waals surface area (Å²) in [6.07, 6.45) is 1.96. The van der Waals surface area contributed by atoms with E-state index in [1.54, 1.807) is 47.9 Å². The molecule has 1 aliphatic rings. The number of hydrogen-bond donors (Lipinski definition) is 1.